The molecule has 29 heavy (non-hydrogen) atoms. The molecule has 4 rings (SSSR count). The van der Waals surface area contributed by atoms with Crippen LogP contribution < -0.4 is 0 Å². The number of hydrogen-bond donors (Lipinski definition) is 0. The van der Waals surface area contributed by atoms with Crippen LogP contribution in [-0.4, -0.2) is 65.6 Å². The third kappa shape index (κ3) is 3.69. The van der Waals surface area contributed by atoms with E-state index in [1.807, 2.05) is 35.2 Å². The fraction of sp³-hybridized carbons (Fsp3) is 0.550. The Morgan fingerprint density at radius 2 is 2.00 bits per heavy atom. The van der Waals surface area contributed by atoms with E-state index < -0.39 is 15.4 Å². The van der Waals surface area contributed by atoms with Crippen molar-refractivity contribution in [3.8, 4) is 0 Å². The molecule has 0 saturated carbocycles. The summed E-state index contributed by atoms with van der Waals surface area (Å²) in [6.45, 7) is 4.95. The first-order valence-corrected chi connectivity index (χ1v) is 11.6. The Hall–Kier alpha value is -2.26. The van der Waals surface area contributed by atoms with Crippen LogP contribution in [0.5, 0.6) is 0 Å². The fourth-order valence-corrected chi connectivity index (χ4v) is 5.66. The van der Waals surface area contributed by atoms with Gasteiger partial charge in [-0.2, -0.15) is 4.98 Å². The summed E-state index contributed by atoms with van der Waals surface area (Å²) >= 11 is 0. The van der Waals surface area contributed by atoms with E-state index in [2.05, 4.69) is 10.1 Å². The van der Waals surface area contributed by atoms with Crippen LogP contribution >= 0.6 is 0 Å². The molecule has 8 nitrogen and oxygen atoms in total. The van der Waals surface area contributed by atoms with Gasteiger partial charge in [-0.3, -0.25) is 4.79 Å². The molecule has 2 unspecified atom stereocenters. The SMILES string of the molecule is CCS(=O)(=O)N1CC2CN(C(=O)CCc3ccccc3)CC2(c2nc(C)no2)C1. The second-order valence-corrected chi connectivity index (χ2v) is 10.2. The van der Waals surface area contributed by atoms with Crippen molar-refractivity contribution in [3.63, 3.8) is 0 Å². The summed E-state index contributed by atoms with van der Waals surface area (Å²) in [5.41, 5.74) is 0.494. The molecule has 156 valence electrons. The summed E-state index contributed by atoms with van der Waals surface area (Å²) < 4.78 is 31.9. The largest absolute Gasteiger partial charge is 0.341 e. The van der Waals surface area contributed by atoms with Gasteiger partial charge < -0.3 is 9.42 Å². The first kappa shape index (κ1) is 20.0. The van der Waals surface area contributed by atoms with Crippen molar-refractivity contribution in [2.75, 3.05) is 31.9 Å². The first-order chi connectivity index (χ1) is 13.8. The monoisotopic (exact) mass is 418 g/mol. The third-order valence-electron chi connectivity index (χ3n) is 6.11. The zero-order valence-electron chi connectivity index (χ0n) is 16.7. The lowest BCUT2D eigenvalue weighted by Crippen LogP contribution is -2.41. The number of carbonyl (C=O) groups excluding carboxylic acids is 1. The highest BCUT2D eigenvalue weighted by Gasteiger charge is 2.59. The minimum atomic E-state index is -3.32. The summed E-state index contributed by atoms with van der Waals surface area (Å²) in [4.78, 5) is 19.1. The van der Waals surface area contributed by atoms with E-state index in [1.165, 1.54) is 4.31 Å². The van der Waals surface area contributed by atoms with E-state index in [0.717, 1.165) is 5.56 Å². The minimum absolute atomic E-state index is 0.0515. The number of aryl methyl sites for hydroxylation is 2. The second kappa shape index (κ2) is 7.53. The maximum atomic E-state index is 12.9. The zero-order valence-corrected chi connectivity index (χ0v) is 17.6. The topological polar surface area (TPSA) is 96.6 Å². The second-order valence-electron chi connectivity index (χ2n) is 7.95. The van der Waals surface area contributed by atoms with E-state index in [0.29, 0.717) is 44.2 Å². The van der Waals surface area contributed by atoms with E-state index in [1.54, 1.807) is 13.8 Å². The molecule has 3 heterocycles. The lowest BCUT2D eigenvalue weighted by atomic mass is 9.81. The molecule has 2 fully saturated rings. The van der Waals surface area contributed by atoms with Crippen LogP contribution in [0.3, 0.4) is 0 Å². The van der Waals surface area contributed by atoms with Crippen molar-refractivity contribution in [1.29, 1.82) is 0 Å². The van der Waals surface area contributed by atoms with Gasteiger partial charge >= 0.3 is 0 Å². The molecule has 2 atom stereocenters. The van der Waals surface area contributed by atoms with Gasteiger partial charge in [0.25, 0.3) is 0 Å². The average molecular weight is 419 g/mol. The molecule has 2 aliphatic rings. The lowest BCUT2D eigenvalue weighted by molar-refractivity contribution is -0.130. The Morgan fingerprint density at radius 1 is 1.24 bits per heavy atom. The Kier molecular flexibility index (Phi) is 5.20. The van der Waals surface area contributed by atoms with Gasteiger partial charge in [0, 0.05) is 38.5 Å². The average Bonchev–Trinajstić information content (AvgIpc) is 3.39. The highest BCUT2D eigenvalue weighted by molar-refractivity contribution is 7.89. The number of amides is 1. The Labute approximate surface area is 170 Å². The van der Waals surface area contributed by atoms with Crippen molar-refractivity contribution in [2.45, 2.75) is 32.1 Å². The van der Waals surface area contributed by atoms with Crippen molar-refractivity contribution >= 4 is 15.9 Å². The minimum Gasteiger partial charge on any atom is -0.341 e. The first-order valence-electron chi connectivity index (χ1n) is 9.94. The Bertz CT molecular complexity index is 991. The standard InChI is InChI=1S/C20H26N4O4S/c1-3-29(26,27)24-12-17-11-23(18(25)10-9-16-7-5-4-6-8-16)13-20(17,14-24)19-21-15(2)22-28-19/h4-8,17H,3,9-14H2,1-2H3. The van der Waals surface area contributed by atoms with Gasteiger partial charge in [0.15, 0.2) is 5.82 Å². The number of carbonyl (C=O) groups is 1. The van der Waals surface area contributed by atoms with Crippen LogP contribution in [0, 0.1) is 12.8 Å². The van der Waals surface area contributed by atoms with Crippen LogP contribution in [0.25, 0.3) is 0 Å². The third-order valence-corrected chi connectivity index (χ3v) is 7.91. The van der Waals surface area contributed by atoms with E-state index in [9.17, 15) is 13.2 Å². The van der Waals surface area contributed by atoms with E-state index >= 15 is 0 Å². The number of aromatic nitrogens is 2. The van der Waals surface area contributed by atoms with Gasteiger partial charge in [-0.25, -0.2) is 12.7 Å². The van der Waals surface area contributed by atoms with Crippen LogP contribution in [0.15, 0.2) is 34.9 Å². The number of nitrogens with zero attached hydrogens (tertiary/aromatic N) is 4. The van der Waals surface area contributed by atoms with Gasteiger partial charge in [0.05, 0.1) is 11.2 Å². The number of sulfonamides is 1. The molecule has 0 bridgehead atoms. The highest BCUT2D eigenvalue weighted by atomic mass is 32.2. The highest BCUT2D eigenvalue weighted by Crippen LogP contribution is 2.45. The zero-order chi connectivity index (χ0) is 20.6. The molecule has 2 aliphatic heterocycles. The molecule has 2 aromatic rings. The molecule has 1 amide bonds. The number of likely N-dealkylation sites (tertiary alicyclic amines) is 1. The van der Waals surface area contributed by atoms with Gasteiger partial charge in [-0.05, 0) is 25.8 Å². The molecular formula is C20H26N4O4S. The summed E-state index contributed by atoms with van der Waals surface area (Å²) in [5, 5.41) is 3.91. The number of fused-ring (bicyclic) bond motifs is 1. The van der Waals surface area contributed by atoms with Crippen molar-refractivity contribution < 1.29 is 17.7 Å². The number of benzene rings is 1. The quantitative estimate of drug-likeness (QED) is 0.703. The van der Waals surface area contributed by atoms with Crippen molar-refractivity contribution in [3.05, 3.63) is 47.6 Å². The summed E-state index contributed by atoms with van der Waals surface area (Å²) in [6.07, 6.45) is 1.11. The Morgan fingerprint density at radius 3 is 2.66 bits per heavy atom. The fourth-order valence-electron chi connectivity index (χ4n) is 4.46. The summed E-state index contributed by atoms with van der Waals surface area (Å²) in [7, 11) is -3.32. The van der Waals surface area contributed by atoms with Gasteiger partial charge in [0.1, 0.15) is 0 Å². The number of hydrogen-bond acceptors (Lipinski definition) is 6. The molecule has 1 aromatic heterocycles. The molecule has 0 N–H and O–H groups in total. The summed E-state index contributed by atoms with van der Waals surface area (Å²) in [6, 6.07) is 9.93. The van der Waals surface area contributed by atoms with Crippen LogP contribution in [0.4, 0.5) is 0 Å². The van der Waals surface area contributed by atoms with Gasteiger partial charge in [-0.1, -0.05) is 35.5 Å². The number of rotatable bonds is 6. The van der Waals surface area contributed by atoms with Crippen molar-refractivity contribution in [2.24, 2.45) is 5.92 Å². The van der Waals surface area contributed by atoms with Gasteiger partial charge in [0.2, 0.25) is 21.8 Å². The lowest BCUT2D eigenvalue weighted by Gasteiger charge is -2.25. The molecule has 1 aromatic carbocycles. The molecule has 0 spiro atoms. The van der Waals surface area contributed by atoms with E-state index in [4.69, 9.17) is 4.52 Å². The maximum absolute atomic E-state index is 12.9. The van der Waals surface area contributed by atoms with Crippen LogP contribution in [0.2, 0.25) is 0 Å². The molecule has 2 saturated heterocycles. The van der Waals surface area contributed by atoms with Crippen LogP contribution in [-0.2, 0) is 26.7 Å². The van der Waals surface area contributed by atoms with Crippen molar-refractivity contribution in [1.82, 2.24) is 19.3 Å². The molecule has 9 heteroatoms. The smallest absolute Gasteiger partial charge is 0.236 e. The molecule has 0 radical (unpaired) electrons. The van der Waals surface area contributed by atoms with Crippen LogP contribution in [0.1, 0.15) is 30.6 Å². The van der Waals surface area contributed by atoms with Gasteiger partial charge in [-0.15, -0.1) is 0 Å². The summed E-state index contributed by atoms with van der Waals surface area (Å²) in [5.74, 6) is 1.03. The predicted molar refractivity (Wildman–Crippen MR) is 107 cm³/mol. The normalized spacial score (nSPS) is 24.8. The molecule has 0 aliphatic carbocycles. The Balaban J connectivity index is 1.53. The maximum Gasteiger partial charge on any atom is 0.236 e. The molecular weight excluding hydrogens is 392 g/mol. The predicted octanol–water partition coefficient (Wildman–Crippen LogP) is 1.37. The van der Waals surface area contributed by atoms with E-state index in [-0.39, 0.29) is 24.1 Å².